The maximum atomic E-state index is 12.6. The molecule has 1 N–H and O–H groups in total. The Bertz CT molecular complexity index is 908. The first kappa shape index (κ1) is 20.4. The topological polar surface area (TPSA) is 84.9 Å². The summed E-state index contributed by atoms with van der Waals surface area (Å²) in [6.07, 6.45) is 0.805. The average Bonchev–Trinajstić information content (AvgIpc) is 2.73. The summed E-state index contributed by atoms with van der Waals surface area (Å²) in [6.45, 7) is 4.07. The molecule has 0 atom stereocenters. The molecule has 2 aromatic rings. The van der Waals surface area contributed by atoms with E-state index in [2.05, 4.69) is 5.32 Å². The van der Waals surface area contributed by atoms with Gasteiger partial charge in [-0.25, -0.2) is 0 Å². The Morgan fingerprint density at radius 2 is 1.93 bits per heavy atom. The molecule has 0 unspecified atom stereocenters. The molecular weight excluding hydrogens is 372 g/mol. The van der Waals surface area contributed by atoms with Crippen LogP contribution in [0, 0.1) is 6.92 Å². The van der Waals surface area contributed by atoms with Crippen molar-refractivity contribution < 1.29 is 23.9 Å². The van der Waals surface area contributed by atoms with Crippen LogP contribution in [0.15, 0.2) is 42.5 Å². The van der Waals surface area contributed by atoms with E-state index < -0.39 is 0 Å². The van der Waals surface area contributed by atoms with E-state index in [4.69, 9.17) is 9.47 Å². The second-order valence-corrected chi connectivity index (χ2v) is 6.83. The molecule has 0 fully saturated rings. The number of amides is 2. The minimum atomic E-state index is -0.329. The van der Waals surface area contributed by atoms with Crippen LogP contribution < -0.4 is 19.7 Å². The number of hydrogen-bond donors (Lipinski definition) is 1. The van der Waals surface area contributed by atoms with Gasteiger partial charge in [0.15, 0.2) is 19.0 Å². The highest BCUT2D eigenvalue weighted by molar-refractivity contribution is 6.04. The Morgan fingerprint density at radius 3 is 2.66 bits per heavy atom. The van der Waals surface area contributed by atoms with Gasteiger partial charge < -0.3 is 14.8 Å². The molecule has 2 aromatic carbocycles. The van der Waals surface area contributed by atoms with E-state index in [1.165, 1.54) is 4.90 Å². The highest BCUT2D eigenvalue weighted by atomic mass is 16.5. The van der Waals surface area contributed by atoms with Gasteiger partial charge in [0, 0.05) is 12.1 Å². The molecule has 1 heterocycles. The van der Waals surface area contributed by atoms with E-state index in [-0.39, 0.29) is 37.4 Å². The highest BCUT2D eigenvalue weighted by Crippen LogP contribution is 2.33. The van der Waals surface area contributed by atoms with Crippen LogP contribution in [0.25, 0.3) is 0 Å². The number of Topliss-reactive ketones (excluding diaryl/α,β-unsaturated/α-hetero) is 1. The zero-order valence-corrected chi connectivity index (χ0v) is 16.6. The molecule has 0 bridgehead atoms. The predicted molar refractivity (Wildman–Crippen MR) is 109 cm³/mol. The number of anilines is 1. The first-order chi connectivity index (χ1) is 14.0. The van der Waals surface area contributed by atoms with Crippen molar-refractivity contribution in [2.45, 2.75) is 20.3 Å². The smallest absolute Gasteiger partial charge is 0.265 e. The molecule has 1 aliphatic heterocycles. The molecule has 3 rings (SSSR count). The fourth-order valence-corrected chi connectivity index (χ4v) is 2.88. The normalized spacial score (nSPS) is 12.8. The lowest BCUT2D eigenvalue weighted by molar-refractivity contribution is -0.125. The Hall–Kier alpha value is -3.35. The van der Waals surface area contributed by atoms with Gasteiger partial charge in [0.1, 0.15) is 18.0 Å². The minimum absolute atomic E-state index is 0.118. The van der Waals surface area contributed by atoms with Crippen LogP contribution in [0.2, 0.25) is 0 Å². The molecule has 0 saturated carbocycles. The van der Waals surface area contributed by atoms with E-state index >= 15 is 0 Å². The van der Waals surface area contributed by atoms with Crippen molar-refractivity contribution in [3.05, 3.63) is 53.6 Å². The molecule has 0 radical (unpaired) electrons. The molecule has 1 aliphatic rings. The number of nitrogens with one attached hydrogen (secondary N) is 1. The highest BCUT2D eigenvalue weighted by Gasteiger charge is 2.28. The van der Waals surface area contributed by atoms with Crippen molar-refractivity contribution >= 4 is 23.3 Å². The van der Waals surface area contributed by atoms with Gasteiger partial charge in [-0.1, -0.05) is 24.6 Å². The van der Waals surface area contributed by atoms with Crippen LogP contribution in [-0.4, -0.2) is 43.9 Å². The second kappa shape index (κ2) is 9.23. The summed E-state index contributed by atoms with van der Waals surface area (Å²) in [5, 5.41) is 2.75. The number of aryl methyl sites for hydroxylation is 1. The lowest BCUT2D eigenvalue weighted by Crippen LogP contribution is -2.45. The first-order valence-electron chi connectivity index (χ1n) is 9.54. The first-order valence-corrected chi connectivity index (χ1v) is 9.54. The quantitative estimate of drug-likeness (QED) is 0.693. The van der Waals surface area contributed by atoms with E-state index in [0.29, 0.717) is 29.3 Å². The summed E-state index contributed by atoms with van der Waals surface area (Å²) in [4.78, 5) is 38.3. The zero-order valence-electron chi connectivity index (χ0n) is 16.6. The number of ketones is 1. The van der Waals surface area contributed by atoms with Crippen molar-refractivity contribution in [1.29, 1.82) is 0 Å². The molecule has 7 heteroatoms. The Balaban J connectivity index is 1.73. The van der Waals surface area contributed by atoms with E-state index in [1.807, 2.05) is 26.0 Å². The predicted octanol–water partition coefficient (Wildman–Crippen LogP) is 2.51. The third-order valence-electron chi connectivity index (χ3n) is 4.49. The molecule has 29 heavy (non-hydrogen) atoms. The van der Waals surface area contributed by atoms with Gasteiger partial charge in [0.2, 0.25) is 5.91 Å². The molecule has 152 valence electrons. The number of rotatable bonds is 8. The van der Waals surface area contributed by atoms with E-state index in [9.17, 15) is 14.4 Å². The summed E-state index contributed by atoms with van der Waals surface area (Å²) in [6, 6.07) is 12.3. The average molecular weight is 396 g/mol. The summed E-state index contributed by atoms with van der Waals surface area (Å²) in [7, 11) is 0. The van der Waals surface area contributed by atoms with Crippen LogP contribution in [0.1, 0.15) is 29.3 Å². The molecular formula is C22H24N2O5. The van der Waals surface area contributed by atoms with Crippen LogP contribution in [0.5, 0.6) is 11.5 Å². The lowest BCUT2D eigenvalue weighted by Gasteiger charge is -2.29. The van der Waals surface area contributed by atoms with Crippen molar-refractivity contribution in [3.63, 3.8) is 0 Å². The molecule has 0 spiro atoms. The second-order valence-electron chi connectivity index (χ2n) is 6.83. The van der Waals surface area contributed by atoms with Gasteiger partial charge in [-0.3, -0.25) is 19.3 Å². The SMILES string of the molecule is CCCNC(=O)CN1C(=O)COc2ccc(C(=O)COc3ccc(C)cc3)cc21. The zero-order chi connectivity index (χ0) is 20.8. The van der Waals surface area contributed by atoms with Gasteiger partial charge >= 0.3 is 0 Å². The fourth-order valence-electron chi connectivity index (χ4n) is 2.88. The van der Waals surface area contributed by atoms with Crippen molar-refractivity contribution in [3.8, 4) is 11.5 Å². The maximum absolute atomic E-state index is 12.6. The summed E-state index contributed by atoms with van der Waals surface area (Å²) >= 11 is 0. The van der Waals surface area contributed by atoms with Crippen LogP contribution in [0.4, 0.5) is 5.69 Å². The number of fused-ring (bicyclic) bond motifs is 1. The summed E-state index contributed by atoms with van der Waals surface area (Å²) < 4.78 is 11.0. The van der Waals surface area contributed by atoms with Crippen LogP contribution in [-0.2, 0) is 9.59 Å². The van der Waals surface area contributed by atoms with E-state index in [0.717, 1.165) is 12.0 Å². The monoisotopic (exact) mass is 396 g/mol. The number of hydrogen-bond acceptors (Lipinski definition) is 5. The van der Waals surface area contributed by atoms with Gasteiger partial charge in [-0.2, -0.15) is 0 Å². The standard InChI is InChI=1S/C22H24N2O5/c1-3-10-23-21(26)12-24-18-11-16(6-9-20(18)29-14-22(24)27)19(25)13-28-17-7-4-15(2)5-8-17/h4-9,11H,3,10,12-14H2,1-2H3,(H,23,26). The molecule has 0 aromatic heterocycles. The van der Waals surface area contributed by atoms with Gasteiger partial charge in [0.25, 0.3) is 5.91 Å². The third kappa shape index (κ3) is 5.13. The van der Waals surface area contributed by atoms with Crippen molar-refractivity contribution in [2.75, 3.05) is 31.2 Å². The number of benzene rings is 2. The number of nitrogens with zero attached hydrogens (tertiary/aromatic N) is 1. The van der Waals surface area contributed by atoms with Gasteiger partial charge in [-0.15, -0.1) is 0 Å². The Labute approximate surface area is 169 Å². The number of carbonyl (C=O) groups excluding carboxylic acids is 3. The van der Waals surface area contributed by atoms with Gasteiger partial charge in [0.05, 0.1) is 5.69 Å². The summed E-state index contributed by atoms with van der Waals surface area (Å²) in [5.41, 5.74) is 1.90. The largest absolute Gasteiger partial charge is 0.485 e. The van der Waals surface area contributed by atoms with Crippen molar-refractivity contribution in [1.82, 2.24) is 5.32 Å². The van der Waals surface area contributed by atoms with Crippen molar-refractivity contribution in [2.24, 2.45) is 0 Å². The third-order valence-corrected chi connectivity index (χ3v) is 4.49. The molecule has 0 saturated heterocycles. The number of ether oxygens (including phenoxy) is 2. The molecule has 0 aliphatic carbocycles. The van der Waals surface area contributed by atoms with Crippen LogP contribution >= 0.6 is 0 Å². The summed E-state index contributed by atoms with van der Waals surface area (Å²) in [5.74, 6) is 0.248. The maximum Gasteiger partial charge on any atom is 0.265 e. The molecule has 7 nitrogen and oxygen atoms in total. The van der Waals surface area contributed by atoms with Crippen LogP contribution in [0.3, 0.4) is 0 Å². The lowest BCUT2D eigenvalue weighted by atomic mass is 10.1. The fraction of sp³-hybridized carbons (Fsp3) is 0.318. The Kier molecular flexibility index (Phi) is 6.49. The minimum Gasteiger partial charge on any atom is -0.485 e. The Morgan fingerprint density at radius 1 is 1.17 bits per heavy atom. The number of carbonyl (C=O) groups is 3. The van der Waals surface area contributed by atoms with E-state index in [1.54, 1.807) is 30.3 Å². The van der Waals surface area contributed by atoms with Gasteiger partial charge in [-0.05, 0) is 43.7 Å². The molecule has 2 amide bonds.